The van der Waals surface area contributed by atoms with Crippen LogP contribution < -0.4 is 10.2 Å². The highest BCUT2D eigenvalue weighted by Gasteiger charge is 2.13. The Labute approximate surface area is 115 Å². The quantitative estimate of drug-likeness (QED) is 0.891. The summed E-state index contributed by atoms with van der Waals surface area (Å²) < 4.78 is 0. The first kappa shape index (κ1) is 13.8. The number of fused-ring (bicyclic) bond motifs is 1. The lowest BCUT2D eigenvalue weighted by Crippen LogP contribution is -2.28. The lowest BCUT2D eigenvalue weighted by molar-refractivity contribution is 0.703. The number of para-hydroxylation sites is 1. The molecule has 0 radical (unpaired) electrons. The minimum Gasteiger partial charge on any atom is -0.357 e. The van der Waals surface area contributed by atoms with Gasteiger partial charge in [-0.05, 0) is 32.5 Å². The summed E-state index contributed by atoms with van der Waals surface area (Å²) in [6, 6.07) is 11.0. The van der Waals surface area contributed by atoms with Crippen molar-refractivity contribution in [3.05, 3.63) is 35.9 Å². The van der Waals surface area contributed by atoms with Crippen LogP contribution in [0.1, 0.15) is 26.3 Å². The van der Waals surface area contributed by atoms with Crippen LogP contribution in [0.2, 0.25) is 0 Å². The zero-order valence-electron chi connectivity index (χ0n) is 12.3. The van der Waals surface area contributed by atoms with E-state index in [1.807, 2.05) is 6.07 Å². The molecule has 1 aromatic carbocycles. The molecule has 0 spiro atoms. The van der Waals surface area contributed by atoms with Crippen molar-refractivity contribution >= 4 is 16.7 Å². The van der Waals surface area contributed by atoms with E-state index in [0.29, 0.717) is 6.04 Å². The second-order valence-corrected chi connectivity index (χ2v) is 5.15. The van der Waals surface area contributed by atoms with Crippen molar-refractivity contribution in [3.63, 3.8) is 0 Å². The number of hydrogen-bond donors (Lipinski definition) is 1. The molecule has 2 rings (SSSR count). The molecule has 0 saturated heterocycles. The molecule has 0 saturated carbocycles. The normalized spacial score (nSPS) is 11.2. The minimum absolute atomic E-state index is 0.439. The van der Waals surface area contributed by atoms with Crippen molar-refractivity contribution < 1.29 is 0 Å². The monoisotopic (exact) mass is 257 g/mol. The van der Waals surface area contributed by atoms with E-state index in [-0.39, 0.29) is 0 Å². The standard InChI is InChI=1S/C16H23N3/c1-5-17-11-14-10-13-8-6-7-9-15(13)18-16(14)19(4)12(2)3/h6-10,12,17H,5,11H2,1-4H3. The summed E-state index contributed by atoms with van der Waals surface area (Å²) in [4.78, 5) is 7.07. The molecule has 102 valence electrons. The molecule has 3 heteroatoms. The number of pyridine rings is 1. The van der Waals surface area contributed by atoms with Crippen LogP contribution in [0.3, 0.4) is 0 Å². The van der Waals surface area contributed by atoms with Gasteiger partial charge in [-0.2, -0.15) is 0 Å². The highest BCUT2D eigenvalue weighted by atomic mass is 15.2. The molecule has 2 aromatic rings. The van der Waals surface area contributed by atoms with Crippen molar-refractivity contribution in [1.29, 1.82) is 0 Å². The second-order valence-electron chi connectivity index (χ2n) is 5.15. The molecule has 0 atom stereocenters. The SMILES string of the molecule is CCNCc1cc2ccccc2nc1N(C)C(C)C. The summed E-state index contributed by atoms with van der Waals surface area (Å²) in [6.45, 7) is 8.33. The molecule has 3 nitrogen and oxygen atoms in total. The van der Waals surface area contributed by atoms with Gasteiger partial charge in [-0.1, -0.05) is 25.1 Å². The molecule has 1 aromatic heterocycles. The summed E-state index contributed by atoms with van der Waals surface area (Å²) in [6.07, 6.45) is 0. The predicted octanol–water partition coefficient (Wildman–Crippen LogP) is 3.19. The van der Waals surface area contributed by atoms with Crippen molar-refractivity contribution in [2.24, 2.45) is 0 Å². The fourth-order valence-corrected chi connectivity index (χ4v) is 2.09. The third-order valence-electron chi connectivity index (χ3n) is 3.45. The van der Waals surface area contributed by atoms with Crippen LogP contribution in [0.4, 0.5) is 5.82 Å². The van der Waals surface area contributed by atoms with Gasteiger partial charge in [0.1, 0.15) is 5.82 Å². The van der Waals surface area contributed by atoms with Gasteiger partial charge in [-0.15, -0.1) is 0 Å². The first-order chi connectivity index (χ1) is 9.13. The molecule has 1 N–H and O–H groups in total. The summed E-state index contributed by atoms with van der Waals surface area (Å²) >= 11 is 0. The van der Waals surface area contributed by atoms with Gasteiger partial charge in [0.15, 0.2) is 0 Å². The Morgan fingerprint density at radius 1 is 1.26 bits per heavy atom. The van der Waals surface area contributed by atoms with Gasteiger partial charge in [-0.25, -0.2) is 4.98 Å². The van der Waals surface area contributed by atoms with Crippen molar-refractivity contribution in [2.75, 3.05) is 18.5 Å². The van der Waals surface area contributed by atoms with Crippen LogP contribution in [0.15, 0.2) is 30.3 Å². The van der Waals surface area contributed by atoms with Gasteiger partial charge in [0.25, 0.3) is 0 Å². The average molecular weight is 257 g/mol. The van der Waals surface area contributed by atoms with Crippen LogP contribution in [0, 0.1) is 0 Å². The van der Waals surface area contributed by atoms with E-state index in [1.165, 1.54) is 10.9 Å². The van der Waals surface area contributed by atoms with Gasteiger partial charge < -0.3 is 10.2 Å². The van der Waals surface area contributed by atoms with E-state index in [4.69, 9.17) is 4.98 Å². The van der Waals surface area contributed by atoms with E-state index in [1.54, 1.807) is 0 Å². The average Bonchev–Trinajstić information content (AvgIpc) is 2.43. The summed E-state index contributed by atoms with van der Waals surface area (Å²) in [5, 5.41) is 4.60. The van der Waals surface area contributed by atoms with Crippen LogP contribution in [0.25, 0.3) is 10.9 Å². The molecule has 0 aliphatic carbocycles. The Morgan fingerprint density at radius 2 is 2.00 bits per heavy atom. The largest absolute Gasteiger partial charge is 0.357 e. The number of aromatic nitrogens is 1. The van der Waals surface area contributed by atoms with Crippen LogP contribution in [-0.4, -0.2) is 24.6 Å². The minimum atomic E-state index is 0.439. The van der Waals surface area contributed by atoms with E-state index < -0.39 is 0 Å². The molecule has 0 aliphatic heterocycles. The molecular formula is C16H23N3. The molecule has 19 heavy (non-hydrogen) atoms. The molecule has 0 bridgehead atoms. The topological polar surface area (TPSA) is 28.2 Å². The molecule has 0 aliphatic rings. The number of benzene rings is 1. The third-order valence-corrected chi connectivity index (χ3v) is 3.45. The maximum atomic E-state index is 4.84. The summed E-state index contributed by atoms with van der Waals surface area (Å²) in [7, 11) is 2.11. The van der Waals surface area contributed by atoms with E-state index in [9.17, 15) is 0 Å². The van der Waals surface area contributed by atoms with E-state index in [0.717, 1.165) is 24.4 Å². The van der Waals surface area contributed by atoms with Crippen LogP contribution >= 0.6 is 0 Å². The maximum absolute atomic E-state index is 4.84. The number of anilines is 1. The molecule has 1 heterocycles. The Bertz CT molecular complexity index is 549. The van der Waals surface area contributed by atoms with Crippen molar-refractivity contribution in [3.8, 4) is 0 Å². The van der Waals surface area contributed by atoms with Crippen molar-refractivity contribution in [2.45, 2.75) is 33.4 Å². The maximum Gasteiger partial charge on any atom is 0.133 e. The van der Waals surface area contributed by atoms with E-state index >= 15 is 0 Å². The molecule has 0 unspecified atom stereocenters. The Kier molecular flexibility index (Phi) is 4.38. The Morgan fingerprint density at radius 3 is 2.68 bits per heavy atom. The van der Waals surface area contributed by atoms with Gasteiger partial charge in [0.05, 0.1) is 5.52 Å². The predicted molar refractivity (Wildman–Crippen MR) is 82.7 cm³/mol. The highest BCUT2D eigenvalue weighted by molar-refractivity contribution is 5.81. The third kappa shape index (κ3) is 3.04. The smallest absolute Gasteiger partial charge is 0.133 e. The van der Waals surface area contributed by atoms with E-state index in [2.05, 4.69) is 62.3 Å². The van der Waals surface area contributed by atoms with Crippen LogP contribution in [-0.2, 0) is 6.54 Å². The highest BCUT2D eigenvalue weighted by Crippen LogP contribution is 2.24. The Hall–Kier alpha value is -1.61. The number of hydrogen-bond acceptors (Lipinski definition) is 3. The second kappa shape index (κ2) is 6.02. The van der Waals surface area contributed by atoms with Gasteiger partial charge in [-0.3, -0.25) is 0 Å². The number of nitrogens with one attached hydrogen (secondary N) is 1. The lowest BCUT2D eigenvalue weighted by Gasteiger charge is -2.25. The summed E-state index contributed by atoms with van der Waals surface area (Å²) in [5.41, 5.74) is 2.32. The Balaban J connectivity index is 2.50. The first-order valence-corrected chi connectivity index (χ1v) is 6.95. The van der Waals surface area contributed by atoms with Gasteiger partial charge in [0, 0.05) is 30.6 Å². The summed E-state index contributed by atoms with van der Waals surface area (Å²) in [5.74, 6) is 1.08. The molecule has 0 amide bonds. The fraction of sp³-hybridized carbons (Fsp3) is 0.438. The first-order valence-electron chi connectivity index (χ1n) is 6.95. The number of rotatable bonds is 5. The zero-order chi connectivity index (χ0) is 13.8. The molecule has 0 fully saturated rings. The van der Waals surface area contributed by atoms with Gasteiger partial charge in [0.2, 0.25) is 0 Å². The fourth-order valence-electron chi connectivity index (χ4n) is 2.09. The lowest BCUT2D eigenvalue weighted by atomic mass is 10.1. The van der Waals surface area contributed by atoms with Crippen molar-refractivity contribution in [1.82, 2.24) is 10.3 Å². The number of nitrogens with zero attached hydrogens (tertiary/aromatic N) is 2. The van der Waals surface area contributed by atoms with Gasteiger partial charge >= 0.3 is 0 Å². The van der Waals surface area contributed by atoms with Crippen LogP contribution in [0.5, 0.6) is 0 Å². The zero-order valence-corrected chi connectivity index (χ0v) is 12.3. The molecular weight excluding hydrogens is 234 g/mol.